The smallest absolute Gasteiger partial charge is 0.404 e. The van der Waals surface area contributed by atoms with Crippen molar-refractivity contribution >= 4 is 34.5 Å². The predicted octanol–water partition coefficient (Wildman–Crippen LogP) is 2.03. The monoisotopic (exact) mass is 325 g/mol. The molecule has 0 heterocycles. The van der Waals surface area contributed by atoms with Crippen molar-refractivity contribution in [3.05, 3.63) is 0 Å². The standard InChI is InChI=1S/C10H16INO3/c1-2-7(13)9-6(11)4-3-5-8(9)15-10(12)14/h6,8-9H,2-5H2,1H3,(H2,12,14). The van der Waals surface area contributed by atoms with Gasteiger partial charge in [-0.15, -0.1) is 0 Å². The predicted molar refractivity (Wildman–Crippen MR) is 64.9 cm³/mol. The number of carbonyl (C=O) groups is 2. The van der Waals surface area contributed by atoms with E-state index in [0.717, 1.165) is 19.3 Å². The lowest BCUT2D eigenvalue weighted by Gasteiger charge is -2.33. The number of ketones is 1. The Labute approximate surface area is 103 Å². The summed E-state index contributed by atoms with van der Waals surface area (Å²) in [6.45, 7) is 1.83. The van der Waals surface area contributed by atoms with Gasteiger partial charge in [-0.25, -0.2) is 4.79 Å². The van der Waals surface area contributed by atoms with Gasteiger partial charge in [0.2, 0.25) is 0 Å². The summed E-state index contributed by atoms with van der Waals surface area (Å²) in [4.78, 5) is 22.4. The molecule has 3 atom stereocenters. The van der Waals surface area contributed by atoms with Crippen LogP contribution in [-0.2, 0) is 9.53 Å². The number of alkyl halides is 1. The summed E-state index contributed by atoms with van der Waals surface area (Å²) in [7, 11) is 0. The minimum atomic E-state index is -0.778. The van der Waals surface area contributed by atoms with Crippen molar-refractivity contribution in [3.8, 4) is 0 Å². The van der Waals surface area contributed by atoms with E-state index in [0.29, 0.717) is 6.42 Å². The normalized spacial score (nSPS) is 30.9. The van der Waals surface area contributed by atoms with E-state index >= 15 is 0 Å². The van der Waals surface area contributed by atoms with Gasteiger partial charge < -0.3 is 10.5 Å². The van der Waals surface area contributed by atoms with Crippen LogP contribution in [0.1, 0.15) is 32.6 Å². The van der Waals surface area contributed by atoms with Crippen LogP contribution in [0.3, 0.4) is 0 Å². The number of primary amides is 1. The van der Waals surface area contributed by atoms with E-state index < -0.39 is 6.09 Å². The zero-order valence-electron chi connectivity index (χ0n) is 8.74. The van der Waals surface area contributed by atoms with E-state index in [-0.39, 0.29) is 21.7 Å². The van der Waals surface area contributed by atoms with Gasteiger partial charge in [0.25, 0.3) is 0 Å². The second-order valence-electron chi connectivity index (χ2n) is 3.77. The molecule has 0 aromatic rings. The lowest BCUT2D eigenvalue weighted by Crippen LogP contribution is -2.42. The molecule has 0 spiro atoms. The number of nitrogens with two attached hydrogens (primary N) is 1. The highest BCUT2D eigenvalue weighted by Gasteiger charge is 2.38. The van der Waals surface area contributed by atoms with E-state index in [1.54, 1.807) is 0 Å². The lowest BCUT2D eigenvalue weighted by molar-refractivity contribution is -0.126. The fourth-order valence-electron chi connectivity index (χ4n) is 2.03. The van der Waals surface area contributed by atoms with E-state index in [2.05, 4.69) is 22.6 Å². The lowest BCUT2D eigenvalue weighted by atomic mass is 9.82. The van der Waals surface area contributed by atoms with Crippen LogP contribution in [-0.4, -0.2) is 21.9 Å². The zero-order valence-corrected chi connectivity index (χ0v) is 10.9. The maximum atomic E-state index is 11.7. The van der Waals surface area contributed by atoms with Crippen molar-refractivity contribution in [2.45, 2.75) is 42.6 Å². The van der Waals surface area contributed by atoms with Gasteiger partial charge in [-0.2, -0.15) is 0 Å². The SMILES string of the molecule is CCC(=O)C1C(I)CCCC1OC(N)=O. The molecule has 86 valence electrons. The van der Waals surface area contributed by atoms with Crippen molar-refractivity contribution in [3.63, 3.8) is 0 Å². The number of carbonyl (C=O) groups excluding carboxylic acids is 2. The highest BCUT2D eigenvalue weighted by atomic mass is 127. The molecule has 2 N–H and O–H groups in total. The molecule has 1 fully saturated rings. The zero-order chi connectivity index (χ0) is 11.4. The van der Waals surface area contributed by atoms with Gasteiger partial charge in [-0.3, -0.25) is 4.79 Å². The molecule has 3 unspecified atom stereocenters. The Hall–Kier alpha value is -0.330. The van der Waals surface area contributed by atoms with Crippen LogP contribution in [0.25, 0.3) is 0 Å². The molecule has 5 heteroatoms. The Morgan fingerprint density at radius 1 is 1.47 bits per heavy atom. The minimum absolute atomic E-state index is 0.167. The summed E-state index contributed by atoms with van der Waals surface area (Å²) in [5.74, 6) is -0.00259. The first kappa shape index (κ1) is 12.7. The molecule has 1 saturated carbocycles. The van der Waals surface area contributed by atoms with E-state index in [9.17, 15) is 9.59 Å². The average molecular weight is 325 g/mol. The second kappa shape index (κ2) is 5.67. The Morgan fingerprint density at radius 2 is 2.13 bits per heavy atom. The molecule has 1 aliphatic rings. The summed E-state index contributed by atoms with van der Waals surface area (Å²) in [6, 6.07) is 0. The number of hydrogen-bond acceptors (Lipinski definition) is 3. The van der Waals surface area contributed by atoms with Crippen LogP contribution in [0.4, 0.5) is 4.79 Å². The van der Waals surface area contributed by atoms with Crippen molar-refractivity contribution in [1.82, 2.24) is 0 Å². The number of ether oxygens (including phenoxy) is 1. The molecule has 0 aromatic carbocycles. The van der Waals surface area contributed by atoms with Gasteiger partial charge >= 0.3 is 6.09 Å². The highest BCUT2D eigenvalue weighted by Crippen LogP contribution is 2.33. The van der Waals surface area contributed by atoms with E-state index in [1.807, 2.05) is 6.92 Å². The number of Topliss-reactive ketones (excluding diaryl/α,β-unsaturated/α-hetero) is 1. The first-order valence-corrected chi connectivity index (χ1v) is 6.43. The highest BCUT2D eigenvalue weighted by molar-refractivity contribution is 14.1. The molecule has 4 nitrogen and oxygen atoms in total. The maximum Gasteiger partial charge on any atom is 0.404 e. The molecule has 0 saturated heterocycles. The summed E-state index contributed by atoms with van der Waals surface area (Å²) in [5, 5.41) is 0. The third-order valence-corrected chi connectivity index (χ3v) is 4.14. The van der Waals surface area contributed by atoms with E-state index in [1.165, 1.54) is 0 Å². The molecule has 0 aliphatic heterocycles. The number of amides is 1. The Balaban J connectivity index is 2.72. The van der Waals surface area contributed by atoms with Gasteiger partial charge in [0.05, 0.1) is 5.92 Å². The van der Waals surface area contributed by atoms with Crippen molar-refractivity contribution < 1.29 is 14.3 Å². The number of halogens is 1. The molecule has 0 radical (unpaired) electrons. The van der Waals surface area contributed by atoms with Crippen LogP contribution in [0.15, 0.2) is 0 Å². The third-order valence-electron chi connectivity index (χ3n) is 2.75. The molecule has 0 aromatic heterocycles. The molecule has 1 amide bonds. The molecule has 0 bridgehead atoms. The fraction of sp³-hybridized carbons (Fsp3) is 0.800. The van der Waals surface area contributed by atoms with Crippen LogP contribution >= 0.6 is 22.6 Å². The quantitative estimate of drug-likeness (QED) is 0.638. The number of hydrogen-bond donors (Lipinski definition) is 1. The van der Waals surface area contributed by atoms with Gasteiger partial charge in [0.15, 0.2) is 0 Å². The molecular formula is C10H16INO3. The Kier molecular flexibility index (Phi) is 4.82. The van der Waals surface area contributed by atoms with E-state index in [4.69, 9.17) is 10.5 Å². The summed E-state index contributed by atoms with van der Waals surface area (Å²) in [6.07, 6.45) is 2.14. The van der Waals surface area contributed by atoms with Gasteiger partial charge in [0, 0.05) is 10.3 Å². The third kappa shape index (κ3) is 3.32. The van der Waals surface area contributed by atoms with Crippen LogP contribution in [0.5, 0.6) is 0 Å². The average Bonchev–Trinajstić information content (AvgIpc) is 2.16. The first-order valence-electron chi connectivity index (χ1n) is 5.19. The van der Waals surface area contributed by atoms with Crippen molar-refractivity contribution in [2.75, 3.05) is 0 Å². The summed E-state index contributed by atoms with van der Waals surface area (Å²) >= 11 is 2.27. The maximum absolute atomic E-state index is 11.7. The van der Waals surface area contributed by atoms with Crippen molar-refractivity contribution in [1.29, 1.82) is 0 Å². The first-order chi connectivity index (χ1) is 7.06. The fourth-order valence-corrected chi connectivity index (χ4v) is 3.34. The summed E-state index contributed by atoms with van der Waals surface area (Å²) in [5.41, 5.74) is 5.00. The Morgan fingerprint density at radius 3 is 2.67 bits per heavy atom. The van der Waals surface area contributed by atoms with Gasteiger partial charge in [0.1, 0.15) is 11.9 Å². The van der Waals surface area contributed by atoms with Crippen LogP contribution in [0, 0.1) is 5.92 Å². The molecule has 1 aliphatic carbocycles. The van der Waals surface area contributed by atoms with Gasteiger partial charge in [-0.05, 0) is 19.3 Å². The molecule has 1 rings (SSSR count). The Bertz CT molecular complexity index is 257. The molecule has 15 heavy (non-hydrogen) atoms. The number of rotatable bonds is 3. The van der Waals surface area contributed by atoms with Crippen molar-refractivity contribution in [2.24, 2.45) is 11.7 Å². The minimum Gasteiger partial charge on any atom is -0.446 e. The van der Waals surface area contributed by atoms with Crippen LogP contribution in [0.2, 0.25) is 0 Å². The molecular weight excluding hydrogens is 309 g/mol. The summed E-state index contributed by atoms with van der Waals surface area (Å²) < 4.78 is 5.27. The topological polar surface area (TPSA) is 69.4 Å². The second-order valence-corrected chi connectivity index (χ2v) is 5.37. The van der Waals surface area contributed by atoms with Crippen LogP contribution < -0.4 is 5.73 Å². The van der Waals surface area contributed by atoms with Gasteiger partial charge in [-0.1, -0.05) is 29.5 Å². The largest absolute Gasteiger partial charge is 0.446 e.